The van der Waals surface area contributed by atoms with Crippen LogP contribution >= 0.6 is 0 Å². The Kier molecular flexibility index (Phi) is 3.90. The van der Waals surface area contributed by atoms with Crippen LogP contribution in [-0.4, -0.2) is 17.0 Å². The second-order valence-electron chi connectivity index (χ2n) is 5.76. The van der Waals surface area contributed by atoms with Crippen LogP contribution in [-0.2, 0) is 5.54 Å². The summed E-state index contributed by atoms with van der Waals surface area (Å²) in [4.78, 5) is 23.3. The molecule has 2 aromatic rings. The third kappa shape index (κ3) is 2.97. The Balaban J connectivity index is 1.85. The topological polar surface area (TPSA) is 79.5 Å². The molecule has 1 heterocycles. The molecule has 1 fully saturated rings. The van der Waals surface area contributed by atoms with Gasteiger partial charge in [0.15, 0.2) is 5.76 Å². The normalized spacial score (nSPS) is 16.2. The van der Waals surface area contributed by atoms with Gasteiger partial charge >= 0.3 is 5.97 Å². The molecule has 1 aliphatic carbocycles. The van der Waals surface area contributed by atoms with Gasteiger partial charge in [-0.15, -0.1) is 0 Å². The molecule has 0 saturated heterocycles. The summed E-state index contributed by atoms with van der Waals surface area (Å²) in [5, 5.41) is 11.8. The molecule has 2 N–H and O–H groups in total. The van der Waals surface area contributed by atoms with E-state index in [9.17, 15) is 14.0 Å². The molecule has 1 saturated carbocycles. The van der Waals surface area contributed by atoms with Crippen molar-refractivity contribution in [2.45, 2.75) is 31.2 Å². The van der Waals surface area contributed by atoms with E-state index in [1.165, 1.54) is 18.2 Å². The van der Waals surface area contributed by atoms with Crippen molar-refractivity contribution < 1.29 is 23.5 Å². The van der Waals surface area contributed by atoms with E-state index in [-0.39, 0.29) is 17.1 Å². The number of carbonyl (C=O) groups excluding carboxylic acids is 1. The molecule has 0 spiro atoms. The predicted molar refractivity (Wildman–Crippen MR) is 79.7 cm³/mol. The highest BCUT2D eigenvalue weighted by Gasteiger charge is 2.37. The highest BCUT2D eigenvalue weighted by Crippen LogP contribution is 2.39. The van der Waals surface area contributed by atoms with Crippen LogP contribution in [0, 0.1) is 5.82 Å². The lowest BCUT2D eigenvalue weighted by Crippen LogP contribution is -2.43. The van der Waals surface area contributed by atoms with Crippen LogP contribution < -0.4 is 5.32 Å². The molecule has 1 aromatic carbocycles. The molecule has 23 heavy (non-hydrogen) atoms. The summed E-state index contributed by atoms with van der Waals surface area (Å²) in [6.45, 7) is 0. The number of hydrogen-bond donors (Lipinski definition) is 2. The van der Waals surface area contributed by atoms with Crippen LogP contribution in [0.25, 0.3) is 0 Å². The molecule has 1 amide bonds. The van der Waals surface area contributed by atoms with Crippen molar-refractivity contribution in [2.75, 3.05) is 0 Å². The van der Waals surface area contributed by atoms with Crippen molar-refractivity contribution in [1.29, 1.82) is 0 Å². The molecule has 0 atom stereocenters. The number of aromatic carboxylic acids is 1. The molecule has 5 nitrogen and oxygen atoms in total. The van der Waals surface area contributed by atoms with Crippen molar-refractivity contribution >= 4 is 11.9 Å². The lowest BCUT2D eigenvalue weighted by atomic mass is 9.88. The Hall–Kier alpha value is -2.63. The zero-order chi connectivity index (χ0) is 16.4. The number of rotatable bonds is 4. The van der Waals surface area contributed by atoms with Crippen LogP contribution in [0.15, 0.2) is 41.0 Å². The van der Waals surface area contributed by atoms with Crippen LogP contribution in [0.5, 0.6) is 0 Å². The average molecular weight is 317 g/mol. The Labute approximate surface area is 132 Å². The number of carboxylic acids is 1. The molecular formula is C17H16FNO4. The largest absolute Gasteiger partial charge is 0.478 e. The summed E-state index contributed by atoms with van der Waals surface area (Å²) in [6, 6.07) is 7.29. The third-order valence-electron chi connectivity index (χ3n) is 4.28. The van der Waals surface area contributed by atoms with Crippen LogP contribution in [0.1, 0.15) is 52.2 Å². The number of nitrogens with one attached hydrogen (secondary N) is 1. The lowest BCUT2D eigenvalue weighted by molar-refractivity contribution is 0.0695. The van der Waals surface area contributed by atoms with E-state index in [1.807, 2.05) is 0 Å². The van der Waals surface area contributed by atoms with Crippen LogP contribution in [0.3, 0.4) is 0 Å². The second kappa shape index (κ2) is 5.87. The number of hydrogen-bond acceptors (Lipinski definition) is 3. The molecule has 6 heteroatoms. The Morgan fingerprint density at radius 1 is 1.17 bits per heavy atom. The van der Waals surface area contributed by atoms with E-state index in [0.29, 0.717) is 0 Å². The molecule has 0 unspecified atom stereocenters. The van der Waals surface area contributed by atoms with Crippen molar-refractivity contribution in [2.24, 2.45) is 0 Å². The van der Waals surface area contributed by atoms with Crippen molar-refractivity contribution in [3.63, 3.8) is 0 Å². The maximum atomic E-state index is 13.1. The quantitative estimate of drug-likeness (QED) is 0.906. The highest BCUT2D eigenvalue weighted by molar-refractivity contribution is 5.95. The molecule has 120 valence electrons. The fourth-order valence-electron chi connectivity index (χ4n) is 3.08. The number of halogens is 1. The fourth-order valence-corrected chi connectivity index (χ4v) is 3.08. The number of carbonyl (C=O) groups is 2. The maximum Gasteiger partial charge on any atom is 0.338 e. The number of benzene rings is 1. The fraction of sp³-hybridized carbons (Fsp3) is 0.294. The summed E-state index contributed by atoms with van der Waals surface area (Å²) >= 11 is 0. The van der Waals surface area contributed by atoms with Crippen molar-refractivity contribution in [3.8, 4) is 0 Å². The number of carboxylic acid groups (broad SMARTS) is 1. The van der Waals surface area contributed by atoms with Crippen molar-refractivity contribution in [1.82, 2.24) is 5.32 Å². The molecule has 0 radical (unpaired) electrons. The Morgan fingerprint density at radius 2 is 1.83 bits per heavy atom. The van der Waals surface area contributed by atoms with Gasteiger partial charge in [-0.25, -0.2) is 9.18 Å². The first-order chi connectivity index (χ1) is 11.0. The Morgan fingerprint density at radius 3 is 2.39 bits per heavy atom. The summed E-state index contributed by atoms with van der Waals surface area (Å²) in [5.74, 6) is -1.99. The number of amides is 1. The molecule has 0 aliphatic heterocycles. The van der Waals surface area contributed by atoms with E-state index >= 15 is 0 Å². The molecule has 1 aromatic heterocycles. The van der Waals surface area contributed by atoms with E-state index in [4.69, 9.17) is 9.52 Å². The minimum Gasteiger partial charge on any atom is -0.478 e. The molecule has 0 bridgehead atoms. The van der Waals surface area contributed by atoms with Gasteiger partial charge in [0.1, 0.15) is 12.1 Å². The minimum absolute atomic E-state index is 0.0456. The van der Waals surface area contributed by atoms with Gasteiger partial charge in [0.2, 0.25) is 0 Å². The zero-order valence-electron chi connectivity index (χ0n) is 12.3. The third-order valence-corrected chi connectivity index (χ3v) is 4.28. The van der Waals surface area contributed by atoms with Gasteiger partial charge in [0.25, 0.3) is 5.91 Å². The van der Waals surface area contributed by atoms with Crippen LogP contribution in [0.4, 0.5) is 4.39 Å². The van der Waals surface area contributed by atoms with E-state index in [2.05, 4.69) is 5.32 Å². The van der Waals surface area contributed by atoms with E-state index < -0.39 is 17.4 Å². The average Bonchev–Trinajstić information content (AvgIpc) is 3.17. The maximum absolute atomic E-state index is 13.1. The summed E-state index contributed by atoms with van der Waals surface area (Å²) in [5.41, 5.74) is 0.202. The number of furan rings is 1. The van der Waals surface area contributed by atoms with Gasteiger partial charge in [0, 0.05) is 6.07 Å². The van der Waals surface area contributed by atoms with Crippen molar-refractivity contribution in [3.05, 3.63) is 59.3 Å². The smallest absolute Gasteiger partial charge is 0.338 e. The second-order valence-corrected chi connectivity index (χ2v) is 5.76. The minimum atomic E-state index is -1.15. The summed E-state index contributed by atoms with van der Waals surface area (Å²) in [7, 11) is 0. The molecular weight excluding hydrogens is 301 g/mol. The van der Waals surface area contributed by atoms with E-state index in [1.54, 1.807) is 12.1 Å². The first kappa shape index (κ1) is 15.3. The van der Waals surface area contributed by atoms with Gasteiger partial charge in [-0.2, -0.15) is 0 Å². The zero-order valence-corrected chi connectivity index (χ0v) is 12.3. The summed E-state index contributed by atoms with van der Waals surface area (Å²) < 4.78 is 18.2. The predicted octanol–water partition coefficient (Wildman–Crippen LogP) is 3.32. The first-order valence-corrected chi connectivity index (χ1v) is 7.41. The SMILES string of the molecule is O=C(O)c1coc(C(=O)NC2(c3ccc(F)cc3)CCCC2)c1. The first-order valence-electron chi connectivity index (χ1n) is 7.41. The molecule has 3 rings (SSSR count). The monoisotopic (exact) mass is 317 g/mol. The van der Waals surface area contributed by atoms with Crippen LogP contribution in [0.2, 0.25) is 0 Å². The summed E-state index contributed by atoms with van der Waals surface area (Å²) in [6.07, 6.45) is 4.44. The Bertz CT molecular complexity index is 729. The molecule has 1 aliphatic rings. The van der Waals surface area contributed by atoms with E-state index in [0.717, 1.165) is 37.5 Å². The van der Waals surface area contributed by atoms with Gasteiger partial charge in [-0.05, 0) is 30.5 Å². The van der Waals surface area contributed by atoms with Gasteiger partial charge < -0.3 is 14.8 Å². The van der Waals surface area contributed by atoms with Gasteiger partial charge in [-0.1, -0.05) is 25.0 Å². The highest BCUT2D eigenvalue weighted by atomic mass is 19.1. The lowest BCUT2D eigenvalue weighted by Gasteiger charge is -2.30. The van der Waals surface area contributed by atoms with Gasteiger partial charge in [-0.3, -0.25) is 4.79 Å². The van der Waals surface area contributed by atoms with Gasteiger partial charge in [0.05, 0.1) is 11.1 Å². The standard InChI is InChI=1S/C17H16FNO4/c18-13-5-3-12(4-6-13)17(7-1-2-8-17)19-15(20)14-9-11(10-23-14)16(21)22/h3-6,9-10H,1-2,7-8H2,(H,19,20)(H,21,22).